The van der Waals surface area contributed by atoms with Crippen molar-refractivity contribution in [2.45, 2.75) is 6.92 Å². The van der Waals surface area contributed by atoms with E-state index in [1.165, 1.54) is 18.2 Å². The van der Waals surface area contributed by atoms with E-state index >= 15 is 0 Å². The second kappa shape index (κ2) is 9.37. The van der Waals surface area contributed by atoms with E-state index in [2.05, 4.69) is 15.6 Å². The van der Waals surface area contributed by atoms with Gasteiger partial charge in [-0.05, 0) is 60.9 Å². The number of hydrogen-bond acceptors (Lipinski definition) is 6. The maximum Gasteiger partial charge on any atom is 0.273 e. The molecule has 0 radical (unpaired) electrons. The van der Waals surface area contributed by atoms with E-state index in [0.29, 0.717) is 33.3 Å². The van der Waals surface area contributed by atoms with Crippen molar-refractivity contribution in [3.8, 4) is 11.5 Å². The van der Waals surface area contributed by atoms with Crippen molar-refractivity contribution in [1.82, 2.24) is 10.3 Å². The molecule has 10 heteroatoms. The van der Waals surface area contributed by atoms with Crippen molar-refractivity contribution in [3.05, 3.63) is 99.1 Å². The molecule has 0 saturated carbocycles. The summed E-state index contributed by atoms with van der Waals surface area (Å²) in [5.41, 5.74) is 3.03. The number of fused-ring (bicyclic) bond motifs is 2. The third-order valence-corrected chi connectivity index (χ3v) is 6.17. The minimum Gasteiger partial charge on any atom is -0.436 e. The van der Waals surface area contributed by atoms with Crippen LogP contribution in [0.1, 0.15) is 15.9 Å². The van der Waals surface area contributed by atoms with Gasteiger partial charge >= 0.3 is 0 Å². The summed E-state index contributed by atoms with van der Waals surface area (Å²) in [6, 6.07) is 20.9. The van der Waals surface area contributed by atoms with Gasteiger partial charge in [-0.2, -0.15) is 0 Å². The van der Waals surface area contributed by atoms with Crippen LogP contribution >= 0.6 is 23.8 Å². The Labute approximate surface area is 215 Å². The molecule has 36 heavy (non-hydrogen) atoms. The number of aryl methyl sites for hydroxylation is 1. The number of aromatic nitrogens is 1. The zero-order valence-corrected chi connectivity index (χ0v) is 20.3. The predicted octanol–water partition coefficient (Wildman–Crippen LogP) is 6.64. The van der Waals surface area contributed by atoms with Crippen LogP contribution in [0.15, 0.2) is 77.2 Å². The molecule has 0 atom stereocenters. The van der Waals surface area contributed by atoms with E-state index in [9.17, 15) is 14.9 Å². The lowest BCUT2D eigenvalue weighted by Crippen LogP contribution is -2.34. The number of nitro benzene ring substituents is 1. The summed E-state index contributed by atoms with van der Waals surface area (Å²) in [7, 11) is 0. The van der Waals surface area contributed by atoms with Crippen molar-refractivity contribution in [2.75, 3.05) is 5.32 Å². The highest BCUT2D eigenvalue weighted by Crippen LogP contribution is 2.34. The van der Waals surface area contributed by atoms with Gasteiger partial charge in [-0.15, -0.1) is 0 Å². The van der Waals surface area contributed by atoms with Gasteiger partial charge in [0.2, 0.25) is 5.89 Å². The smallest absolute Gasteiger partial charge is 0.273 e. The number of oxazole rings is 1. The van der Waals surface area contributed by atoms with Crippen molar-refractivity contribution < 1.29 is 14.1 Å². The van der Waals surface area contributed by atoms with Crippen LogP contribution in [-0.2, 0) is 0 Å². The average Bonchev–Trinajstić information content (AvgIpc) is 3.27. The lowest BCUT2D eigenvalue weighted by atomic mass is 10.0. The summed E-state index contributed by atoms with van der Waals surface area (Å²) in [5, 5.41) is 19.1. The SMILES string of the molecule is Cc1ccc(C(=O)NC(=S)Nc2ccc3oc(-c4cccc5c(Cl)cccc45)nc3c2)cc1[N+](=O)[O-]. The molecule has 0 aliphatic heterocycles. The van der Waals surface area contributed by atoms with Gasteiger partial charge in [-0.3, -0.25) is 20.2 Å². The van der Waals surface area contributed by atoms with E-state index < -0.39 is 10.8 Å². The van der Waals surface area contributed by atoms with Crippen LogP contribution in [0.4, 0.5) is 11.4 Å². The molecule has 1 amide bonds. The van der Waals surface area contributed by atoms with E-state index in [4.69, 9.17) is 28.2 Å². The van der Waals surface area contributed by atoms with Crippen LogP contribution in [0.2, 0.25) is 5.02 Å². The number of rotatable bonds is 4. The number of thiocarbonyl (C=S) groups is 1. The highest BCUT2D eigenvalue weighted by atomic mass is 35.5. The molecule has 0 aliphatic carbocycles. The lowest BCUT2D eigenvalue weighted by Gasteiger charge is -2.09. The molecule has 5 aromatic rings. The summed E-state index contributed by atoms with van der Waals surface area (Å²) in [6.45, 7) is 1.60. The topological polar surface area (TPSA) is 110 Å². The fourth-order valence-corrected chi connectivity index (χ4v) is 4.31. The number of amides is 1. The highest BCUT2D eigenvalue weighted by Gasteiger charge is 2.17. The first-order chi connectivity index (χ1) is 17.3. The molecular formula is C26H17ClN4O4S. The van der Waals surface area contributed by atoms with Crippen LogP contribution < -0.4 is 10.6 Å². The van der Waals surface area contributed by atoms with Gasteiger partial charge in [0.25, 0.3) is 11.6 Å². The summed E-state index contributed by atoms with van der Waals surface area (Å²) in [4.78, 5) is 27.8. The molecule has 0 saturated heterocycles. The van der Waals surface area contributed by atoms with Gasteiger partial charge in [-0.1, -0.05) is 41.9 Å². The molecule has 5 rings (SSSR count). The molecule has 1 aromatic heterocycles. The van der Waals surface area contributed by atoms with Gasteiger partial charge in [-0.25, -0.2) is 4.98 Å². The number of hydrogen-bond donors (Lipinski definition) is 2. The molecular weight excluding hydrogens is 500 g/mol. The first kappa shape index (κ1) is 23.4. The summed E-state index contributed by atoms with van der Waals surface area (Å²) in [6.07, 6.45) is 0. The van der Waals surface area contributed by atoms with Gasteiger partial charge < -0.3 is 9.73 Å². The number of carbonyl (C=O) groups is 1. The number of nitrogens with one attached hydrogen (secondary N) is 2. The third kappa shape index (κ3) is 4.49. The molecule has 178 valence electrons. The van der Waals surface area contributed by atoms with E-state index in [1.54, 1.807) is 25.1 Å². The Morgan fingerprint density at radius 1 is 1.06 bits per heavy atom. The number of benzene rings is 4. The zero-order valence-electron chi connectivity index (χ0n) is 18.7. The van der Waals surface area contributed by atoms with Crippen LogP contribution in [-0.4, -0.2) is 20.9 Å². The van der Waals surface area contributed by atoms with Crippen molar-refractivity contribution in [1.29, 1.82) is 0 Å². The van der Waals surface area contributed by atoms with Gasteiger partial charge in [0.05, 0.1) is 4.92 Å². The Morgan fingerprint density at radius 3 is 2.64 bits per heavy atom. The fourth-order valence-electron chi connectivity index (χ4n) is 3.86. The molecule has 8 nitrogen and oxygen atoms in total. The monoisotopic (exact) mass is 516 g/mol. The van der Waals surface area contributed by atoms with E-state index in [1.807, 2.05) is 36.4 Å². The molecule has 4 aromatic carbocycles. The van der Waals surface area contributed by atoms with Crippen LogP contribution in [0.25, 0.3) is 33.3 Å². The van der Waals surface area contributed by atoms with Crippen LogP contribution in [0, 0.1) is 17.0 Å². The Kier molecular flexibility index (Phi) is 6.09. The van der Waals surface area contributed by atoms with Crippen LogP contribution in [0.3, 0.4) is 0 Å². The lowest BCUT2D eigenvalue weighted by molar-refractivity contribution is -0.385. The van der Waals surface area contributed by atoms with Gasteiger partial charge in [0, 0.05) is 38.9 Å². The fraction of sp³-hybridized carbons (Fsp3) is 0.0385. The minimum absolute atomic E-state index is 0.0370. The Hall–Kier alpha value is -4.34. The molecule has 0 fully saturated rings. The van der Waals surface area contributed by atoms with E-state index in [-0.39, 0.29) is 16.4 Å². The second-order valence-corrected chi connectivity index (χ2v) is 8.82. The minimum atomic E-state index is -0.560. The van der Waals surface area contributed by atoms with Crippen molar-refractivity contribution >= 4 is 68.1 Å². The molecule has 0 spiro atoms. The largest absolute Gasteiger partial charge is 0.436 e. The first-order valence-corrected chi connectivity index (χ1v) is 11.5. The highest BCUT2D eigenvalue weighted by molar-refractivity contribution is 7.80. The van der Waals surface area contributed by atoms with Crippen LogP contribution in [0.5, 0.6) is 0 Å². The number of carbonyl (C=O) groups excluding carboxylic acids is 1. The summed E-state index contributed by atoms with van der Waals surface area (Å²) >= 11 is 11.6. The number of nitrogens with zero attached hydrogens (tertiary/aromatic N) is 2. The third-order valence-electron chi connectivity index (χ3n) is 5.64. The average molecular weight is 517 g/mol. The normalized spacial score (nSPS) is 10.9. The molecule has 2 N–H and O–H groups in total. The molecule has 0 aliphatic rings. The first-order valence-electron chi connectivity index (χ1n) is 10.8. The maximum atomic E-state index is 12.5. The van der Waals surface area contributed by atoms with E-state index in [0.717, 1.165) is 16.3 Å². The van der Waals surface area contributed by atoms with Gasteiger partial charge in [0.15, 0.2) is 10.7 Å². The zero-order chi connectivity index (χ0) is 25.4. The Bertz CT molecular complexity index is 1700. The van der Waals surface area contributed by atoms with Crippen molar-refractivity contribution in [2.24, 2.45) is 0 Å². The van der Waals surface area contributed by atoms with Crippen molar-refractivity contribution in [3.63, 3.8) is 0 Å². The molecule has 0 unspecified atom stereocenters. The molecule has 0 bridgehead atoms. The quantitative estimate of drug-likeness (QED) is 0.156. The van der Waals surface area contributed by atoms with Gasteiger partial charge in [0.1, 0.15) is 5.52 Å². The predicted molar refractivity (Wildman–Crippen MR) is 143 cm³/mol. The Balaban J connectivity index is 1.36. The summed E-state index contributed by atoms with van der Waals surface area (Å²) in [5.74, 6) is -0.109. The Morgan fingerprint density at radius 2 is 1.83 bits per heavy atom. The number of halogens is 1. The molecule has 1 heterocycles. The number of anilines is 1. The second-order valence-electron chi connectivity index (χ2n) is 8.01. The standard InChI is InChI=1S/C26H17ClN4O4S/c1-14-8-9-15(12-22(14)31(33)34)24(32)30-26(36)28-16-10-11-23-21(13-16)29-25(35-23)19-6-2-5-18-17(19)4-3-7-20(18)27/h2-13H,1H3,(H2,28,30,32,36). The number of nitro groups is 1. The maximum absolute atomic E-state index is 12.5. The summed E-state index contributed by atoms with van der Waals surface area (Å²) < 4.78 is 5.98.